The van der Waals surface area contributed by atoms with E-state index in [2.05, 4.69) is 97.9 Å². The van der Waals surface area contributed by atoms with Gasteiger partial charge in [0.15, 0.2) is 0 Å². The first kappa shape index (κ1) is 23.9. The third kappa shape index (κ3) is 5.05. The fourth-order valence-corrected chi connectivity index (χ4v) is 4.20. The Kier molecular flexibility index (Phi) is 7.60. The molecule has 0 unspecified atom stereocenters. The minimum atomic E-state index is 0. The van der Waals surface area contributed by atoms with Gasteiger partial charge in [-0.2, -0.15) is 33.4 Å². The molecule has 29 heavy (non-hydrogen) atoms. The second-order valence-electron chi connectivity index (χ2n) is 9.52. The van der Waals surface area contributed by atoms with Crippen LogP contribution in [0, 0.1) is 46.1 Å². The van der Waals surface area contributed by atoms with Crippen molar-refractivity contribution in [3.63, 3.8) is 0 Å². The second-order valence-corrected chi connectivity index (χ2v) is 9.52. The minimum Gasteiger partial charge on any atom is -0.268 e. The zero-order chi connectivity index (χ0) is 20.6. The van der Waals surface area contributed by atoms with Crippen LogP contribution in [-0.2, 0) is 32.3 Å². The maximum Gasteiger partial charge on any atom is 0 e. The van der Waals surface area contributed by atoms with Crippen molar-refractivity contribution < 1.29 is 25.8 Å². The van der Waals surface area contributed by atoms with Crippen LogP contribution in [0.5, 0.6) is 0 Å². The molecule has 0 atom stereocenters. The van der Waals surface area contributed by atoms with Crippen molar-refractivity contribution in [2.45, 2.75) is 68.2 Å². The van der Waals surface area contributed by atoms with Crippen molar-refractivity contribution in [2.75, 3.05) is 0 Å². The summed E-state index contributed by atoms with van der Waals surface area (Å²) in [5, 5.41) is 2.73. The number of benzene rings is 2. The van der Waals surface area contributed by atoms with Gasteiger partial charge in [0, 0.05) is 25.8 Å². The summed E-state index contributed by atoms with van der Waals surface area (Å²) in [7, 11) is 0. The predicted molar refractivity (Wildman–Crippen MR) is 124 cm³/mol. The van der Waals surface area contributed by atoms with Crippen LogP contribution in [0.1, 0.15) is 66.1 Å². The maximum absolute atomic E-state index is 3.59. The van der Waals surface area contributed by atoms with Gasteiger partial charge in [0.2, 0.25) is 0 Å². The molecule has 3 aromatic carbocycles. The van der Waals surface area contributed by atoms with Crippen LogP contribution in [0.25, 0.3) is 16.3 Å². The van der Waals surface area contributed by atoms with Crippen molar-refractivity contribution in [3.05, 3.63) is 81.4 Å². The Labute approximate surface area is 196 Å². The van der Waals surface area contributed by atoms with Crippen molar-refractivity contribution in [1.82, 2.24) is 0 Å². The third-order valence-corrected chi connectivity index (χ3v) is 6.33. The van der Waals surface area contributed by atoms with Crippen LogP contribution in [0.3, 0.4) is 0 Å². The summed E-state index contributed by atoms with van der Waals surface area (Å²) in [4.78, 5) is 0. The van der Waals surface area contributed by atoms with Crippen LogP contribution >= 0.6 is 0 Å². The van der Waals surface area contributed by atoms with E-state index in [4.69, 9.17) is 0 Å². The van der Waals surface area contributed by atoms with E-state index in [9.17, 15) is 0 Å². The van der Waals surface area contributed by atoms with Gasteiger partial charge in [-0.15, -0.1) is 12.0 Å². The summed E-state index contributed by atoms with van der Waals surface area (Å²) in [6.45, 7) is 17.9. The van der Waals surface area contributed by atoms with Crippen LogP contribution in [0.2, 0.25) is 0 Å². The monoisotopic (exact) mass is 550 g/mol. The molecule has 0 spiro atoms. The summed E-state index contributed by atoms with van der Waals surface area (Å²) in [5.41, 5.74) is 12.0. The molecule has 0 amide bonds. The van der Waals surface area contributed by atoms with Crippen molar-refractivity contribution in [3.8, 4) is 0 Å². The molecule has 0 aromatic heterocycles. The molecule has 3 aromatic rings. The standard InChI is InChI=1S/C18H19.C10H15.Hf/c1-18(2,3)12-15-11-10-14-9-8-13-6-4-5-7-16(13)17(14)15;1-6-7(2)9(4)10(5)8(6)3;/h4-9H,10,12H2,1-3H3;1-5H3;/q2*-1;. The van der Waals surface area contributed by atoms with Gasteiger partial charge in [-0.25, -0.2) is 5.57 Å². The first-order valence-electron chi connectivity index (χ1n) is 10.4. The molecular formula is C28H34Hf-2. The number of allylic oxidation sites excluding steroid dienone is 2. The van der Waals surface area contributed by atoms with Gasteiger partial charge in [-0.1, -0.05) is 104 Å². The molecule has 0 bridgehead atoms. The number of hydrogen-bond acceptors (Lipinski definition) is 0. The van der Waals surface area contributed by atoms with E-state index >= 15 is 0 Å². The Hall–Kier alpha value is -1.34. The van der Waals surface area contributed by atoms with E-state index < -0.39 is 0 Å². The van der Waals surface area contributed by atoms with Gasteiger partial charge in [0.05, 0.1) is 0 Å². The Balaban J connectivity index is 0.000000234. The normalized spacial score (nSPS) is 12.8. The van der Waals surface area contributed by atoms with Crippen LogP contribution in [0.15, 0.2) is 36.4 Å². The smallest absolute Gasteiger partial charge is 0 e. The molecule has 0 radical (unpaired) electrons. The zero-order valence-corrected chi connectivity index (χ0v) is 23.0. The third-order valence-electron chi connectivity index (χ3n) is 6.33. The molecule has 0 saturated heterocycles. The molecule has 0 heterocycles. The summed E-state index contributed by atoms with van der Waals surface area (Å²) < 4.78 is 0. The number of rotatable bonds is 1. The van der Waals surface area contributed by atoms with E-state index in [1.807, 2.05) is 0 Å². The Morgan fingerprint density at radius 2 is 1.48 bits per heavy atom. The van der Waals surface area contributed by atoms with Gasteiger partial charge in [-0.05, 0) is 10.8 Å². The first-order chi connectivity index (χ1) is 13.1. The average molecular weight is 549 g/mol. The molecule has 0 nitrogen and oxygen atoms in total. The van der Waals surface area contributed by atoms with E-state index in [0.717, 1.165) is 12.8 Å². The van der Waals surface area contributed by atoms with E-state index in [1.54, 1.807) is 0 Å². The Morgan fingerprint density at radius 1 is 0.897 bits per heavy atom. The Bertz CT molecular complexity index is 958. The summed E-state index contributed by atoms with van der Waals surface area (Å²) >= 11 is 0. The molecule has 4 rings (SSSR count). The number of hydrogen-bond donors (Lipinski definition) is 0. The minimum absolute atomic E-state index is 0. The Morgan fingerprint density at radius 3 is 2.00 bits per heavy atom. The molecule has 1 heteroatoms. The van der Waals surface area contributed by atoms with Crippen LogP contribution in [0.4, 0.5) is 0 Å². The molecule has 0 fully saturated rings. The van der Waals surface area contributed by atoms with Gasteiger partial charge >= 0.3 is 0 Å². The van der Waals surface area contributed by atoms with Crippen molar-refractivity contribution >= 4 is 16.3 Å². The van der Waals surface area contributed by atoms with E-state index in [1.165, 1.54) is 55.3 Å². The van der Waals surface area contributed by atoms with Crippen LogP contribution in [-0.4, -0.2) is 0 Å². The molecular weight excluding hydrogens is 515 g/mol. The van der Waals surface area contributed by atoms with Crippen LogP contribution < -0.4 is 0 Å². The maximum atomic E-state index is 3.59. The summed E-state index contributed by atoms with van der Waals surface area (Å²) in [6.07, 6.45) is 5.67. The van der Waals surface area contributed by atoms with Crippen molar-refractivity contribution in [2.24, 2.45) is 5.41 Å². The molecule has 1 aliphatic carbocycles. The topological polar surface area (TPSA) is 0 Å². The summed E-state index contributed by atoms with van der Waals surface area (Å²) in [5.74, 6) is 0. The van der Waals surface area contributed by atoms with E-state index in [0.29, 0.717) is 5.41 Å². The van der Waals surface area contributed by atoms with Gasteiger partial charge in [-0.3, -0.25) is 6.08 Å². The van der Waals surface area contributed by atoms with Gasteiger partial charge in [0.1, 0.15) is 0 Å². The van der Waals surface area contributed by atoms with Crippen molar-refractivity contribution in [1.29, 1.82) is 0 Å². The molecule has 0 saturated carbocycles. The first-order valence-corrected chi connectivity index (χ1v) is 10.4. The molecule has 1 aliphatic rings. The fraction of sp³-hybridized carbons (Fsp3) is 0.393. The quantitative estimate of drug-likeness (QED) is 0.214. The SMILES string of the molecule is CC(C)(C)CC1=[C-]Cc2ccc3ccccc3c21.Cc1c(C)c(C)[c-](C)c1C.[Hf]. The molecule has 152 valence electrons. The summed E-state index contributed by atoms with van der Waals surface area (Å²) in [6, 6.07) is 13.2. The largest absolute Gasteiger partial charge is 0.268 e. The molecule has 0 N–H and O–H groups in total. The zero-order valence-electron chi connectivity index (χ0n) is 19.4. The van der Waals surface area contributed by atoms with Gasteiger partial charge in [0.25, 0.3) is 0 Å². The predicted octanol–water partition coefficient (Wildman–Crippen LogP) is 7.96. The van der Waals surface area contributed by atoms with Gasteiger partial charge < -0.3 is 0 Å². The number of fused-ring (bicyclic) bond motifs is 3. The van der Waals surface area contributed by atoms with E-state index in [-0.39, 0.29) is 25.8 Å². The average Bonchev–Trinajstić information content (AvgIpc) is 3.13. The molecule has 0 aliphatic heterocycles. The fourth-order valence-electron chi connectivity index (χ4n) is 4.20. The second kappa shape index (κ2) is 9.21.